The summed E-state index contributed by atoms with van der Waals surface area (Å²) < 4.78 is 0. The van der Waals surface area contributed by atoms with Gasteiger partial charge in [-0.15, -0.1) is 24.0 Å². The number of nitrogens with zero attached hydrogens (tertiary/aromatic N) is 2. The molecule has 1 aliphatic rings. The number of nitrogens with one attached hydrogen (secondary N) is 2. The Morgan fingerprint density at radius 1 is 1.15 bits per heavy atom. The summed E-state index contributed by atoms with van der Waals surface area (Å²) in [5.41, 5.74) is 2.18. The molecule has 106 valence electrons. The lowest BCUT2D eigenvalue weighted by molar-refractivity contribution is 0.698. The predicted octanol–water partition coefficient (Wildman–Crippen LogP) is 2.33. The van der Waals surface area contributed by atoms with Crippen molar-refractivity contribution in [1.29, 1.82) is 0 Å². The van der Waals surface area contributed by atoms with E-state index in [-0.39, 0.29) is 24.0 Å². The first-order valence-electron chi connectivity index (χ1n) is 6.79. The van der Waals surface area contributed by atoms with Crippen LogP contribution in [0.4, 0.5) is 0 Å². The third kappa shape index (κ3) is 3.82. The summed E-state index contributed by atoms with van der Waals surface area (Å²) in [6.45, 7) is 2.79. The van der Waals surface area contributed by atoms with E-state index in [1.54, 1.807) is 0 Å². The first-order valence-corrected chi connectivity index (χ1v) is 6.79. The van der Waals surface area contributed by atoms with Crippen LogP contribution >= 0.6 is 24.0 Å². The SMILES string of the molecule is I.c1ccc2nc(CCNC3=NCCCN3)ccc2c1. The fourth-order valence-electron chi connectivity index (χ4n) is 2.21. The molecule has 1 aromatic carbocycles. The van der Waals surface area contributed by atoms with E-state index >= 15 is 0 Å². The number of guanidine groups is 1. The molecule has 3 rings (SSSR count). The zero-order chi connectivity index (χ0) is 12.9. The molecule has 1 aromatic heterocycles. The summed E-state index contributed by atoms with van der Waals surface area (Å²) in [4.78, 5) is 9.04. The Labute approximate surface area is 136 Å². The lowest BCUT2D eigenvalue weighted by Crippen LogP contribution is -2.41. The van der Waals surface area contributed by atoms with E-state index in [4.69, 9.17) is 0 Å². The average molecular weight is 382 g/mol. The molecule has 5 heteroatoms. The van der Waals surface area contributed by atoms with E-state index in [2.05, 4.69) is 44.9 Å². The van der Waals surface area contributed by atoms with Crippen LogP contribution in [0.5, 0.6) is 0 Å². The van der Waals surface area contributed by atoms with E-state index in [0.717, 1.165) is 49.6 Å². The highest BCUT2D eigenvalue weighted by Crippen LogP contribution is 2.11. The number of halogens is 1. The van der Waals surface area contributed by atoms with Crippen molar-refractivity contribution >= 4 is 40.8 Å². The number of hydrogen-bond donors (Lipinski definition) is 2. The number of para-hydroxylation sites is 1. The van der Waals surface area contributed by atoms with Crippen molar-refractivity contribution in [2.75, 3.05) is 19.6 Å². The highest BCUT2D eigenvalue weighted by Gasteiger charge is 2.03. The van der Waals surface area contributed by atoms with E-state index in [0.29, 0.717) is 0 Å². The van der Waals surface area contributed by atoms with E-state index in [1.807, 2.05) is 12.1 Å². The molecular weight excluding hydrogens is 363 g/mol. The van der Waals surface area contributed by atoms with Crippen LogP contribution in [0.2, 0.25) is 0 Å². The minimum Gasteiger partial charge on any atom is -0.356 e. The van der Waals surface area contributed by atoms with Gasteiger partial charge in [0.05, 0.1) is 5.52 Å². The van der Waals surface area contributed by atoms with Crippen LogP contribution in [-0.2, 0) is 6.42 Å². The summed E-state index contributed by atoms with van der Waals surface area (Å²) >= 11 is 0. The molecule has 0 aliphatic carbocycles. The fourth-order valence-corrected chi connectivity index (χ4v) is 2.21. The van der Waals surface area contributed by atoms with Crippen LogP contribution < -0.4 is 10.6 Å². The van der Waals surface area contributed by atoms with Gasteiger partial charge >= 0.3 is 0 Å². The Hall–Kier alpha value is -1.37. The maximum absolute atomic E-state index is 4.66. The second-order valence-electron chi connectivity index (χ2n) is 4.68. The largest absolute Gasteiger partial charge is 0.356 e. The van der Waals surface area contributed by atoms with Gasteiger partial charge in [-0.25, -0.2) is 0 Å². The summed E-state index contributed by atoms with van der Waals surface area (Å²) in [7, 11) is 0. The highest BCUT2D eigenvalue weighted by atomic mass is 127. The lowest BCUT2D eigenvalue weighted by Gasteiger charge is -2.15. The summed E-state index contributed by atoms with van der Waals surface area (Å²) in [5, 5.41) is 7.76. The molecule has 0 fully saturated rings. The number of pyridine rings is 1. The summed E-state index contributed by atoms with van der Waals surface area (Å²) in [5.74, 6) is 0.923. The summed E-state index contributed by atoms with van der Waals surface area (Å²) in [6.07, 6.45) is 2.03. The zero-order valence-corrected chi connectivity index (χ0v) is 13.6. The monoisotopic (exact) mass is 382 g/mol. The number of aromatic nitrogens is 1. The van der Waals surface area contributed by atoms with Gasteiger partial charge in [-0.3, -0.25) is 9.98 Å². The van der Waals surface area contributed by atoms with Gasteiger partial charge in [0.25, 0.3) is 0 Å². The Kier molecular flexibility index (Phi) is 5.58. The molecule has 2 heterocycles. The van der Waals surface area contributed by atoms with Crippen molar-refractivity contribution in [3.05, 3.63) is 42.1 Å². The van der Waals surface area contributed by atoms with Crippen LogP contribution in [0.1, 0.15) is 12.1 Å². The van der Waals surface area contributed by atoms with Gasteiger partial charge < -0.3 is 10.6 Å². The third-order valence-electron chi connectivity index (χ3n) is 3.23. The first-order chi connectivity index (χ1) is 9.42. The van der Waals surface area contributed by atoms with Crippen LogP contribution in [0.15, 0.2) is 41.4 Å². The first kappa shape index (κ1) is 15.0. The lowest BCUT2D eigenvalue weighted by atomic mass is 10.2. The van der Waals surface area contributed by atoms with Gasteiger partial charge in [0.2, 0.25) is 0 Å². The maximum Gasteiger partial charge on any atom is 0.191 e. The normalized spacial score (nSPS) is 14.1. The van der Waals surface area contributed by atoms with E-state index in [1.165, 1.54) is 5.39 Å². The van der Waals surface area contributed by atoms with Crippen molar-refractivity contribution < 1.29 is 0 Å². The number of benzene rings is 1. The topological polar surface area (TPSA) is 49.3 Å². The summed E-state index contributed by atoms with van der Waals surface area (Å²) in [6, 6.07) is 12.4. The predicted molar refractivity (Wildman–Crippen MR) is 93.8 cm³/mol. The highest BCUT2D eigenvalue weighted by molar-refractivity contribution is 14.0. The smallest absolute Gasteiger partial charge is 0.191 e. The molecule has 2 aromatic rings. The molecule has 2 N–H and O–H groups in total. The molecule has 0 saturated carbocycles. The number of aliphatic imine (C=N–C) groups is 1. The Balaban J connectivity index is 0.00000147. The molecule has 0 amide bonds. The van der Waals surface area contributed by atoms with Crippen molar-refractivity contribution in [2.45, 2.75) is 12.8 Å². The molecule has 0 spiro atoms. The second-order valence-corrected chi connectivity index (χ2v) is 4.68. The van der Waals surface area contributed by atoms with Crippen molar-refractivity contribution in [2.24, 2.45) is 4.99 Å². The number of hydrogen-bond acceptors (Lipinski definition) is 4. The van der Waals surface area contributed by atoms with Gasteiger partial charge in [0, 0.05) is 37.1 Å². The average Bonchev–Trinajstić information content (AvgIpc) is 2.48. The van der Waals surface area contributed by atoms with Gasteiger partial charge in [-0.05, 0) is 18.6 Å². The molecule has 1 aliphatic heterocycles. The van der Waals surface area contributed by atoms with Gasteiger partial charge in [-0.2, -0.15) is 0 Å². The Morgan fingerprint density at radius 3 is 2.90 bits per heavy atom. The maximum atomic E-state index is 4.66. The molecule has 0 unspecified atom stereocenters. The van der Waals surface area contributed by atoms with Crippen LogP contribution in [0.25, 0.3) is 10.9 Å². The van der Waals surface area contributed by atoms with E-state index < -0.39 is 0 Å². The quantitative estimate of drug-likeness (QED) is 0.802. The Bertz CT molecular complexity index is 597. The second kappa shape index (κ2) is 7.42. The fraction of sp³-hybridized carbons (Fsp3) is 0.333. The molecule has 0 saturated heterocycles. The Morgan fingerprint density at radius 2 is 2.05 bits per heavy atom. The minimum absolute atomic E-state index is 0. The molecule has 4 nitrogen and oxygen atoms in total. The molecule has 0 radical (unpaired) electrons. The van der Waals surface area contributed by atoms with Crippen molar-refractivity contribution in [1.82, 2.24) is 15.6 Å². The number of fused-ring (bicyclic) bond motifs is 1. The third-order valence-corrected chi connectivity index (χ3v) is 3.23. The van der Waals surface area contributed by atoms with Gasteiger partial charge in [-0.1, -0.05) is 24.3 Å². The van der Waals surface area contributed by atoms with Crippen LogP contribution in [0, 0.1) is 0 Å². The molecule has 0 bridgehead atoms. The molecular formula is C15H19IN4. The van der Waals surface area contributed by atoms with Gasteiger partial charge in [0.15, 0.2) is 5.96 Å². The zero-order valence-electron chi connectivity index (χ0n) is 11.3. The number of rotatable bonds is 3. The molecule has 0 atom stereocenters. The van der Waals surface area contributed by atoms with Gasteiger partial charge in [0.1, 0.15) is 0 Å². The van der Waals surface area contributed by atoms with Crippen molar-refractivity contribution in [3.8, 4) is 0 Å². The van der Waals surface area contributed by atoms with Crippen LogP contribution in [0.3, 0.4) is 0 Å². The minimum atomic E-state index is 0. The van der Waals surface area contributed by atoms with Crippen molar-refractivity contribution in [3.63, 3.8) is 0 Å². The van der Waals surface area contributed by atoms with Crippen LogP contribution in [-0.4, -0.2) is 30.6 Å². The standard InChI is InChI=1S/C15H18N4.HI/c1-2-5-14-12(4-1)6-7-13(19-14)8-11-18-15-16-9-3-10-17-15;/h1-2,4-7H,3,8-11H2,(H2,16,17,18);1H. The molecule has 20 heavy (non-hydrogen) atoms. The van der Waals surface area contributed by atoms with E-state index in [9.17, 15) is 0 Å².